The topological polar surface area (TPSA) is 68.3 Å². The number of likely N-dealkylation sites (tertiary alicyclic amines) is 2. The van der Waals surface area contributed by atoms with Gasteiger partial charge in [0, 0.05) is 39.1 Å². The van der Waals surface area contributed by atoms with Crippen LogP contribution >= 0.6 is 0 Å². The molecule has 2 aliphatic carbocycles. The van der Waals surface area contributed by atoms with E-state index in [9.17, 15) is 9.59 Å². The third-order valence-corrected chi connectivity index (χ3v) is 15.3. The number of hydrogen-bond acceptors (Lipinski definition) is 5. The van der Waals surface area contributed by atoms with Gasteiger partial charge in [0.05, 0.1) is 18.8 Å². The molecule has 8 heteroatoms. The highest BCUT2D eigenvalue weighted by atomic mass is 28.4. The molecule has 0 N–H and O–H groups in total. The average molecular weight is 551 g/mol. The number of ether oxygens (including phenoxy) is 2. The SMILES string of the molecule is COC1CCC2C(C1)CC1C2[C@@]2(CCN(C(=O)OC(C)(C)C)C2)CN(C(C)=O)[C@H]1CO[Si](C)(C)C(C)(C)C. The molecule has 2 saturated carbocycles. The summed E-state index contributed by atoms with van der Waals surface area (Å²) >= 11 is 0. The lowest BCUT2D eigenvalue weighted by Crippen LogP contribution is -2.62. The van der Waals surface area contributed by atoms with Gasteiger partial charge in [-0.15, -0.1) is 0 Å². The van der Waals surface area contributed by atoms with E-state index < -0.39 is 13.9 Å². The Kier molecular flexibility index (Phi) is 8.14. The molecule has 2 amide bonds. The first kappa shape index (κ1) is 29.8. The molecule has 5 unspecified atom stereocenters. The van der Waals surface area contributed by atoms with Crippen molar-refractivity contribution in [2.75, 3.05) is 33.4 Å². The molecule has 0 aromatic rings. The first-order valence-electron chi connectivity index (χ1n) is 14.9. The number of fused-ring (bicyclic) bond motifs is 4. The van der Waals surface area contributed by atoms with Crippen molar-refractivity contribution in [1.82, 2.24) is 9.80 Å². The molecule has 0 aromatic heterocycles. The highest BCUT2D eigenvalue weighted by Gasteiger charge is 2.63. The maximum Gasteiger partial charge on any atom is 0.410 e. The molecule has 4 aliphatic rings. The molecular formula is C30H54N2O5Si. The quantitative estimate of drug-likeness (QED) is 0.406. The van der Waals surface area contributed by atoms with Gasteiger partial charge in [-0.1, -0.05) is 20.8 Å². The van der Waals surface area contributed by atoms with Crippen LogP contribution in [-0.2, 0) is 18.7 Å². The Morgan fingerprint density at radius 3 is 2.26 bits per heavy atom. The molecule has 7 atom stereocenters. The Labute approximate surface area is 232 Å². The van der Waals surface area contributed by atoms with Crippen LogP contribution in [0, 0.1) is 29.1 Å². The minimum atomic E-state index is -1.97. The zero-order chi connectivity index (χ0) is 28.3. The number of carbonyl (C=O) groups excluding carboxylic acids is 2. The van der Waals surface area contributed by atoms with Crippen molar-refractivity contribution in [2.24, 2.45) is 29.1 Å². The monoisotopic (exact) mass is 550 g/mol. The zero-order valence-electron chi connectivity index (χ0n) is 25.8. The van der Waals surface area contributed by atoms with Crippen LogP contribution in [0.2, 0.25) is 18.1 Å². The summed E-state index contributed by atoms with van der Waals surface area (Å²) in [5, 5.41) is 0.123. The highest BCUT2D eigenvalue weighted by Crippen LogP contribution is 2.62. The Hall–Kier alpha value is -1.12. The molecule has 0 aromatic carbocycles. The second-order valence-electron chi connectivity index (χ2n) is 15.3. The summed E-state index contributed by atoms with van der Waals surface area (Å²) in [7, 11) is -0.124. The van der Waals surface area contributed by atoms with Crippen LogP contribution in [0.25, 0.3) is 0 Å². The van der Waals surface area contributed by atoms with Crippen molar-refractivity contribution in [2.45, 2.75) is 116 Å². The molecule has 0 radical (unpaired) electrons. The summed E-state index contributed by atoms with van der Waals surface area (Å²) in [6.07, 6.45) is 5.56. The van der Waals surface area contributed by atoms with Crippen molar-refractivity contribution in [3.05, 3.63) is 0 Å². The number of methoxy groups -OCH3 is 1. The predicted molar refractivity (Wildman–Crippen MR) is 152 cm³/mol. The molecule has 1 spiro atoms. The molecule has 2 aliphatic heterocycles. The van der Waals surface area contributed by atoms with Crippen molar-refractivity contribution in [3.63, 3.8) is 0 Å². The summed E-state index contributed by atoms with van der Waals surface area (Å²) < 4.78 is 18.4. The first-order chi connectivity index (χ1) is 17.5. The van der Waals surface area contributed by atoms with E-state index in [0.29, 0.717) is 56.0 Å². The smallest absolute Gasteiger partial charge is 0.410 e. The number of amides is 2. The zero-order valence-corrected chi connectivity index (χ0v) is 26.8. The van der Waals surface area contributed by atoms with Crippen LogP contribution in [0.4, 0.5) is 4.79 Å². The van der Waals surface area contributed by atoms with E-state index in [1.807, 2.05) is 32.8 Å². The summed E-state index contributed by atoms with van der Waals surface area (Å²) in [5.74, 6) is 2.24. The summed E-state index contributed by atoms with van der Waals surface area (Å²) in [5.41, 5.74) is -0.601. The Morgan fingerprint density at radius 2 is 1.68 bits per heavy atom. The second-order valence-corrected chi connectivity index (χ2v) is 20.1. The van der Waals surface area contributed by atoms with E-state index >= 15 is 0 Å². The lowest BCUT2D eigenvalue weighted by Gasteiger charge is -2.55. The van der Waals surface area contributed by atoms with E-state index in [0.717, 1.165) is 25.7 Å². The highest BCUT2D eigenvalue weighted by molar-refractivity contribution is 6.74. The van der Waals surface area contributed by atoms with Crippen LogP contribution in [-0.4, -0.2) is 81.2 Å². The molecule has 2 heterocycles. The second kappa shape index (κ2) is 10.4. The Morgan fingerprint density at radius 1 is 1.00 bits per heavy atom. The van der Waals surface area contributed by atoms with Gasteiger partial charge in [-0.3, -0.25) is 4.79 Å². The van der Waals surface area contributed by atoms with E-state index in [4.69, 9.17) is 13.9 Å². The maximum atomic E-state index is 13.2. The molecule has 0 bridgehead atoms. The average Bonchev–Trinajstić information content (AvgIpc) is 3.38. The van der Waals surface area contributed by atoms with Crippen LogP contribution in [0.5, 0.6) is 0 Å². The van der Waals surface area contributed by atoms with Crippen LogP contribution in [0.1, 0.15) is 80.6 Å². The Balaban J connectivity index is 1.66. The molecule has 7 nitrogen and oxygen atoms in total. The van der Waals surface area contributed by atoms with Crippen LogP contribution < -0.4 is 0 Å². The number of carbonyl (C=O) groups is 2. The minimum absolute atomic E-state index is 0.0833. The molecule has 2 saturated heterocycles. The molecule has 4 rings (SSSR count). The maximum absolute atomic E-state index is 13.2. The fourth-order valence-corrected chi connectivity index (χ4v) is 8.98. The minimum Gasteiger partial charge on any atom is -0.444 e. The summed E-state index contributed by atoms with van der Waals surface area (Å²) in [6, 6.07) is 0.0967. The van der Waals surface area contributed by atoms with Crippen molar-refractivity contribution in [3.8, 4) is 0 Å². The van der Waals surface area contributed by atoms with E-state index in [1.54, 1.807) is 6.92 Å². The van der Waals surface area contributed by atoms with Crippen LogP contribution in [0.3, 0.4) is 0 Å². The van der Waals surface area contributed by atoms with Gasteiger partial charge in [-0.25, -0.2) is 4.79 Å². The van der Waals surface area contributed by atoms with E-state index in [-0.39, 0.29) is 28.5 Å². The number of piperidine rings is 1. The van der Waals surface area contributed by atoms with Gasteiger partial charge >= 0.3 is 6.09 Å². The van der Waals surface area contributed by atoms with Crippen LogP contribution in [0.15, 0.2) is 0 Å². The Bertz CT molecular complexity index is 896. The molecule has 38 heavy (non-hydrogen) atoms. The largest absolute Gasteiger partial charge is 0.444 e. The molecule has 4 fully saturated rings. The fraction of sp³-hybridized carbons (Fsp3) is 0.933. The third kappa shape index (κ3) is 5.69. The predicted octanol–water partition coefficient (Wildman–Crippen LogP) is 5.93. The lowest BCUT2D eigenvalue weighted by molar-refractivity contribution is -0.145. The summed E-state index contributed by atoms with van der Waals surface area (Å²) in [4.78, 5) is 30.4. The van der Waals surface area contributed by atoms with Crippen molar-refractivity contribution >= 4 is 20.3 Å². The molecular weight excluding hydrogens is 496 g/mol. The third-order valence-electron chi connectivity index (χ3n) is 10.8. The normalized spacial score (nSPS) is 35.8. The standard InChI is InChI=1S/C30H54N2O5Si/c1-20(33)32-19-30(13-14-31(18-30)27(34)37-28(2,3)4)26-23-12-11-22(35-8)15-21(23)16-24(26)25(32)17-36-38(9,10)29(5,6)7/h21-26H,11-19H2,1-10H3/t21?,22?,23?,24?,25-,26?,30+/m0/s1. The summed E-state index contributed by atoms with van der Waals surface area (Å²) in [6.45, 7) is 21.7. The van der Waals surface area contributed by atoms with Crippen molar-refractivity contribution < 1.29 is 23.5 Å². The fourth-order valence-electron chi connectivity index (χ4n) is 7.96. The first-order valence-corrected chi connectivity index (χ1v) is 17.8. The number of rotatable bonds is 4. The van der Waals surface area contributed by atoms with Gasteiger partial charge in [0.15, 0.2) is 8.32 Å². The van der Waals surface area contributed by atoms with Gasteiger partial charge in [0.2, 0.25) is 5.91 Å². The van der Waals surface area contributed by atoms with Gasteiger partial charge in [-0.05, 0) is 94.7 Å². The van der Waals surface area contributed by atoms with E-state index in [1.165, 1.54) is 6.42 Å². The lowest BCUT2D eigenvalue weighted by atomic mass is 9.60. The van der Waals surface area contributed by atoms with E-state index in [2.05, 4.69) is 38.8 Å². The number of nitrogens with zero attached hydrogens (tertiary/aromatic N) is 2. The van der Waals surface area contributed by atoms with Gasteiger partial charge < -0.3 is 23.7 Å². The van der Waals surface area contributed by atoms with Gasteiger partial charge in [-0.2, -0.15) is 0 Å². The number of hydrogen-bond donors (Lipinski definition) is 0. The van der Waals surface area contributed by atoms with Crippen molar-refractivity contribution in [1.29, 1.82) is 0 Å². The van der Waals surface area contributed by atoms with Gasteiger partial charge in [0.25, 0.3) is 0 Å². The molecule has 218 valence electrons. The van der Waals surface area contributed by atoms with Gasteiger partial charge in [0.1, 0.15) is 5.60 Å².